The van der Waals surface area contributed by atoms with E-state index in [1.54, 1.807) is 11.8 Å². The quantitative estimate of drug-likeness (QED) is 0.495. The lowest BCUT2D eigenvalue weighted by Gasteiger charge is -2.03. The van der Waals surface area contributed by atoms with Crippen LogP contribution in [0.1, 0.15) is 13.8 Å². The molecule has 0 atom stereocenters. The molecule has 1 aromatic heterocycles. The summed E-state index contributed by atoms with van der Waals surface area (Å²) in [7, 11) is -4.69. The number of oxazole rings is 1. The van der Waals surface area contributed by atoms with E-state index in [0.29, 0.717) is 0 Å². The van der Waals surface area contributed by atoms with Crippen LogP contribution in [0.5, 0.6) is 0 Å². The van der Waals surface area contributed by atoms with Crippen LogP contribution in [-0.2, 0) is 6.54 Å². The van der Waals surface area contributed by atoms with Crippen LogP contribution in [0.4, 0.5) is 0 Å². The first-order chi connectivity index (χ1) is 12.8. The van der Waals surface area contributed by atoms with Crippen LogP contribution >= 0.6 is 11.8 Å². The van der Waals surface area contributed by atoms with Crippen molar-refractivity contribution in [1.29, 1.82) is 0 Å². The molecule has 2 aromatic carbocycles. The van der Waals surface area contributed by atoms with Gasteiger partial charge in [-0.3, -0.25) is 0 Å². The molecule has 27 heavy (non-hydrogen) atoms. The van der Waals surface area contributed by atoms with E-state index in [4.69, 9.17) is 23.1 Å². The molecule has 0 amide bonds. The topological polar surface area (TPSA) is 106 Å². The molecule has 6 nitrogen and oxygen atoms in total. The van der Waals surface area contributed by atoms with Gasteiger partial charge in [0.1, 0.15) is 0 Å². The Kier molecular flexibility index (Phi) is 7.85. The van der Waals surface area contributed by atoms with Gasteiger partial charge in [-0.25, -0.2) is 0 Å². The third kappa shape index (κ3) is 6.35. The Balaban J connectivity index is 0.000000465. The molecule has 0 fully saturated rings. The Morgan fingerprint density at radius 3 is 1.85 bits per heavy atom. The van der Waals surface area contributed by atoms with E-state index in [0.717, 1.165) is 34.5 Å². The Morgan fingerprint density at radius 1 is 0.926 bits per heavy atom. The molecule has 1 heterocycles. The van der Waals surface area contributed by atoms with Gasteiger partial charge in [-0.1, -0.05) is 55.5 Å². The number of rotatable bonds is 5. The minimum Gasteiger partial charge on any atom is -0.392 e. The van der Waals surface area contributed by atoms with Crippen molar-refractivity contribution in [3.63, 3.8) is 0 Å². The van der Waals surface area contributed by atoms with E-state index >= 15 is 0 Å². The number of halogens is 1. The molecule has 0 aliphatic rings. The monoisotopic (exact) mass is 410 g/mol. The van der Waals surface area contributed by atoms with Gasteiger partial charge < -0.3 is 4.42 Å². The summed E-state index contributed by atoms with van der Waals surface area (Å²) in [6, 6.07) is 20.8. The van der Waals surface area contributed by atoms with Gasteiger partial charge in [0.05, 0.1) is 20.5 Å². The average Bonchev–Trinajstić information content (AvgIpc) is 3.00. The second-order valence-corrected chi connectivity index (χ2v) is 7.36. The van der Waals surface area contributed by atoms with Gasteiger partial charge in [0.2, 0.25) is 5.76 Å². The van der Waals surface area contributed by atoms with Crippen LogP contribution in [0.15, 0.2) is 70.3 Å². The lowest BCUT2D eigenvalue weighted by Crippen LogP contribution is -2.58. The maximum absolute atomic E-state index is 8.60. The van der Waals surface area contributed by atoms with Gasteiger partial charge in [-0.05, 0) is 30.8 Å². The molecule has 1 N–H and O–H groups in total. The van der Waals surface area contributed by atoms with E-state index < -0.39 is 10.2 Å². The van der Waals surface area contributed by atoms with Crippen molar-refractivity contribution in [2.45, 2.75) is 25.6 Å². The maximum Gasteiger partial charge on any atom is 0.412 e. The van der Waals surface area contributed by atoms with Gasteiger partial charge in [0, 0.05) is 11.3 Å². The molecule has 0 bridgehead atoms. The maximum atomic E-state index is 8.60. The standard InChI is InChI=1S/C19H20NOS.ClHO4/c1-3-20-17(15-11-7-5-8-12-15)18(21-19(20)22-4-2)16-13-9-6-10-14-16;2-1(3,4)5/h5-14H,3-4H2,1-2H3;(H,2,3,4,5)/q+1;. The van der Waals surface area contributed by atoms with Crippen molar-refractivity contribution < 1.29 is 37.9 Å². The zero-order chi connectivity index (χ0) is 19.9. The molecule has 8 heteroatoms. The zero-order valence-corrected chi connectivity index (χ0v) is 16.6. The number of thioether (sulfide) groups is 1. The van der Waals surface area contributed by atoms with Crippen LogP contribution in [0.2, 0.25) is 0 Å². The van der Waals surface area contributed by atoms with Crippen molar-refractivity contribution in [3.05, 3.63) is 60.7 Å². The minimum atomic E-state index is -4.69. The highest BCUT2D eigenvalue weighted by Crippen LogP contribution is 2.34. The van der Waals surface area contributed by atoms with E-state index in [-0.39, 0.29) is 0 Å². The largest absolute Gasteiger partial charge is 0.412 e. The van der Waals surface area contributed by atoms with E-state index in [2.05, 4.69) is 66.9 Å². The molecular formula is C19H21ClNO5S+. The second kappa shape index (κ2) is 9.89. The SMILES string of the molecule is CCSc1oc(-c2ccccc2)c(-c2ccccc2)[n+]1CC.[O-][Cl+3]([O-])([O-])O. The number of aromatic nitrogens is 1. The first-order valence-corrected chi connectivity index (χ1v) is 10.5. The number of benzene rings is 2. The summed E-state index contributed by atoms with van der Waals surface area (Å²) in [5, 5.41) is 0.975. The summed E-state index contributed by atoms with van der Waals surface area (Å²) < 4.78 is 41.2. The summed E-state index contributed by atoms with van der Waals surface area (Å²) in [5.41, 5.74) is 3.46. The molecular weight excluding hydrogens is 390 g/mol. The lowest BCUT2D eigenvalue weighted by molar-refractivity contribution is -1.92. The van der Waals surface area contributed by atoms with E-state index in [9.17, 15) is 0 Å². The van der Waals surface area contributed by atoms with Crippen LogP contribution in [0.25, 0.3) is 22.6 Å². The Hall–Kier alpha value is -1.87. The highest BCUT2D eigenvalue weighted by atomic mass is 35.7. The fourth-order valence-electron chi connectivity index (χ4n) is 2.59. The fourth-order valence-corrected chi connectivity index (χ4v) is 3.36. The lowest BCUT2D eigenvalue weighted by atomic mass is 10.1. The van der Waals surface area contributed by atoms with E-state index in [1.807, 2.05) is 12.1 Å². The molecule has 3 aromatic rings. The van der Waals surface area contributed by atoms with Gasteiger partial charge in [0.15, 0.2) is 6.54 Å². The normalized spacial score (nSPS) is 11.0. The number of hydrogen-bond acceptors (Lipinski definition) is 6. The Bertz CT molecular complexity index is 829. The zero-order valence-electron chi connectivity index (χ0n) is 15.0. The minimum absolute atomic E-state index is 0.892. The molecule has 3 rings (SSSR count). The molecule has 0 saturated heterocycles. The van der Waals surface area contributed by atoms with Gasteiger partial charge >= 0.3 is 5.22 Å². The third-order valence-corrected chi connectivity index (χ3v) is 4.40. The van der Waals surface area contributed by atoms with Crippen LogP contribution in [-0.4, -0.2) is 10.4 Å². The van der Waals surface area contributed by atoms with Crippen molar-refractivity contribution in [1.82, 2.24) is 0 Å². The van der Waals surface area contributed by atoms with Crippen molar-refractivity contribution in [2.24, 2.45) is 0 Å². The van der Waals surface area contributed by atoms with Crippen LogP contribution in [0.3, 0.4) is 0 Å². The first-order valence-electron chi connectivity index (χ1n) is 8.28. The van der Waals surface area contributed by atoms with Gasteiger partial charge in [-0.2, -0.15) is 18.5 Å². The number of nitrogens with zero attached hydrogens (tertiary/aromatic N) is 1. The molecule has 0 aliphatic heterocycles. The Labute approximate surface area is 164 Å². The van der Waals surface area contributed by atoms with Crippen LogP contribution < -0.4 is 18.5 Å². The smallest absolute Gasteiger partial charge is 0.392 e. The third-order valence-electron chi connectivity index (χ3n) is 3.56. The van der Waals surface area contributed by atoms with Gasteiger partial charge in [-0.15, -0.1) is 0 Å². The fraction of sp³-hybridized carbons (Fsp3) is 0.211. The molecule has 0 spiro atoms. The summed E-state index contributed by atoms with van der Waals surface area (Å²) >= 11 is 1.75. The van der Waals surface area contributed by atoms with Crippen LogP contribution in [0, 0.1) is 10.2 Å². The van der Waals surface area contributed by atoms with Crippen molar-refractivity contribution in [3.8, 4) is 22.6 Å². The highest BCUT2D eigenvalue weighted by Gasteiger charge is 2.29. The molecule has 0 saturated carbocycles. The molecule has 0 aliphatic carbocycles. The predicted molar refractivity (Wildman–Crippen MR) is 94.1 cm³/mol. The Morgan fingerprint density at radius 2 is 1.41 bits per heavy atom. The molecule has 0 radical (unpaired) electrons. The molecule has 0 unspecified atom stereocenters. The summed E-state index contributed by atoms with van der Waals surface area (Å²) in [5.74, 6) is 1.94. The van der Waals surface area contributed by atoms with Gasteiger partial charge in [0.25, 0.3) is 5.69 Å². The van der Waals surface area contributed by atoms with E-state index in [1.165, 1.54) is 5.56 Å². The number of hydrogen-bond donors (Lipinski definition) is 1. The first kappa shape index (κ1) is 21.4. The summed E-state index contributed by atoms with van der Waals surface area (Å²) in [6.07, 6.45) is 0. The highest BCUT2D eigenvalue weighted by molar-refractivity contribution is 7.98. The van der Waals surface area contributed by atoms with Crippen molar-refractivity contribution in [2.75, 3.05) is 5.75 Å². The summed E-state index contributed by atoms with van der Waals surface area (Å²) in [6.45, 7) is 5.21. The second-order valence-electron chi connectivity index (χ2n) is 5.35. The average molecular weight is 411 g/mol. The molecule has 144 valence electrons. The van der Waals surface area contributed by atoms with Crippen molar-refractivity contribution >= 4 is 11.8 Å². The summed E-state index contributed by atoms with van der Waals surface area (Å²) in [4.78, 5) is 0. The predicted octanol–water partition coefficient (Wildman–Crippen LogP) is 0.909.